The zero-order chi connectivity index (χ0) is 16.7. The van der Waals surface area contributed by atoms with Gasteiger partial charge in [0.05, 0.1) is 12.5 Å². The summed E-state index contributed by atoms with van der Waals surface area (Å²) in [5.74, 6) is -0.890. The van der Waals surface area contributed by atoms with E-state index < -0.39 is 11.9 Å². The van der Waals surface area contributed by atoms with Crippen molar-refractivity contribution in [3.8, 4) is 5.75 Å². The van der Waals surface area contributed by atoms with E-state index in [1.165, 1.54) is 0 Å². The van der Waals surface area contributed by atoms with Crippen molar-refractivity contribution >= 4 is 11.9 Å². The number of carbonyl (C=O) groups is 2. The summed E-state index contributed by atoms with van der Waals surface area (Å²) in [7, 11) is 0. The first kappa shape index (κ1) is 17.3. The third-order valence-corrected chi connectivity index (χ3v) is 4.22. The molecule has 0 heterocycles. The second-order valence-corrected chi connectivity index (χ2v) is 6.04. The molecule has 0 aromatic heterocycles. The van der Waals surface area contributed by atoms with Crippen LogP contribution >= 0.6 is 0 Å². The number of rotatable bonds is 6. The highest BCUT2D eigenvalue weighted by Crippen LogP contribution is 2.24. The maximum absolute atomic E-state index is 12.5. The Balaban J connectivity index is 2.05. The number of hydrogen-bond acceptors (Lipinski definition) is 3. The van der Waals surface area contributed by atoms with E-state index in [0.29, 0.717) is 30.8 Å². The Morgan fingerprint density at radius 3 is 2.78 bits per heavy atom. The van der Waals surface area contributed by atoms with Gasteiger partial charge in [-0.25, -0.2) is 0 Å². The van der Waals surface area contributed by atoms with E-state index in [0.717, 1.165) is 25.7 Å². The molecule has 126 valence electrons. The van der Waals surface area contributed by atoms with E-state index >= 15 is 0 Å². The average Bonchev–Trinajstić information content (AvgIpc) is 2.78. The van der Waals surface area contributed by atoms with Gasteiger partial charge in [-0.15, -0.1) is 0 Å². The quantitative estimate of drug-likeness (QED) is 0.789. The standard InChI is InChI=1S/C18H25NO4/c1-2-11-23-14-8-6-7-13(12-14)17(20)19-16-10-5-3-4-9-15(16)18(21)22/h6-8,12,15-16H,2-5,9-11H2,1H3,(H,19,20)(H,21,22)/t15-,16+/m1/s1. The van der Waals surface area contributed by atoms with E-state index in [-0.39, 0.29) is 11.9 Å². The first-order valence-corrected chi connectivity index (χ1v) is 8.38. The molecule has 0 saturated heterocycles. The number of benzene rings is 1. The molecule has 5 nitrogen and oxygen atoms in total. The number of carboxylic acid groups (broad SMARTS) is 1. The Labute approximate surface area is 137 Å². The summed E-state index contributed by atoms with van der Waals surface area (Å²) in [4.78, 5) is 23.9. The summed E-state index contributed by atoms with van der Waals surface area (Å²) in [6.07, 6.45) is 5.13. The van der Waals surface area contributed by atoms with Crippen molar-refractivity contribution in [1.82, 2.24) is 5.32 Å². The van der Waals surface area contributed by atoms with E-state index in [9.17, 15) is 14.7 Å². The van der Waals surface area contributed by atoms with Crippen molar-refractivity contribution in [2.24, 2.45) is 5.92 Å². The lowest BCUT2D eigenvalue weighted by molar-refractivity contribution is -0.142. The highest BCUT2D eigenvalue weighted by atomic mass is 16.5. The fourth-order valence-electron chi connectivity index (χ4n) is 2.97. The largest absolute Gasteiger partial charge is 0.494 e. The van der Waals surface area contributed by atoms with Crippen LogP contribution in [0.4, 0.5) is 0 Å². The SMILES string of the molecule is CCCOc1cccc(C(=O)N[C@H]2CCCCC[C@H]2C(=O)O)c1. The normalized spacial score (nSPS) is 21.3. The van der Waals surface area contributed by atoms with Crippen LogP contribution in [0.5, 0.6) is 5.75 Å². The number of ether oxygens (including phenoxy) is 1. The van der Waals surface area contributed by atoms with E-state index in [2.05, 4.69) is 5.32 Å². The third kappa shape index (κ3) is 4.98. The Hall–Kier alpha value is -2.04. The molecular weight excluding hydrogens is 294 g/mol. The van der Waals surface area contributed by atoms with Gasteiger partial charge < -0.3 is 15.2 Å². The lowest BCUT2D eigenvalue weighted by Crippen LogP contribution is -2.42. The zero-order valence-corrected chi connectivity index (χ0v) is 13.6. The van der Waals surface area contributed by atoms with Crippen molar-refractivity contribution < 1.29 is 19.4 Å². The Morgan fingerprint density at radius 1 is 1.26 bits per heavy atom. The van der Waals surface area contributed by atoms with Gasteiger partial charge in [-0.2, -0.15) is 0 Å². The van der Waals surface area contributed by atoms with E-state index in [4.69, 9.17) is 4.74 Å². The minimum Gasteiger partial charge on any atom is -0.494 e. The molecule has 2 atom stereocenters. The molecule has 2 rings (SSSR count). The highest BCUT2D eigenvalue weighted by molar-refractivity contribution is 5.95. The molecule has 1 aliphatic carbocycles. The number of carbonyl (C=O) groups excluding carboxylic acids is 1. The molecule has 2 N–H and O–H groups in total. The molecule has 0 radical (unpaired) electrons. The molecule has 0 bridgehead atoms. The molecule has 1 saturated carbocycles. The van der Waals surface area contributed by atoms with Crippen molar-refractivity contribution in [2.45, 2.75) is 51.5 Å². The Kier molecular flexibility index (Phi) is 6.44. The first-order valence-electron chi connectivity index (χ1n) is 8.38. The van der Waals surface area contributed by atoms with Gasteiger partial charge in [0.15, 0.2) is 0 Å². The minimum absolute atomic E-state index is 0.231. The lowest BCUT2D eigenvalue weighted by atomic mass is 9.94. The molecule has 1 amide bonds. The summed E-state index contributed by atoms with van der Waals surface area (Å²) in [5, 5.41) is 12.3. The topological polar surface area (TPSA) is 75.6 Å². The molecule has 1 aliphatic rings. The molecule has 0 spiro atoms. The third-order valence-electron chi connectivity index (χ3n) is 4.22. The maximum atomic E-state index is 12.5. The van der Waals surface area contributed by atoms with E-state index in [1.807, 2.05) is 13.0 Å². The van der Waals surface area contributed by atoms with Crippen LogP contribution < -0.4 is 10.1 Å². The molecule has 0 unspecified atom stereocenters. The first-order chi connectivity index (χ1) is 11.1. The van der Waals surface area contributed by atoms with Crippen LogP contribution in [0.1, 0.15) is 55.8 Å². The van der Waals surface area contributed by atoms with Gasteiger partial charge in [-0.3, -0.25) is 9.59 Å². The van der Waals surface area contributed by atoms with Gasteiger partial charge >= 0.3 is 5.97 Å². The van der Waals surface area contributed by atoms with Crippen LogP contribution in [-0.2, 0) is 4.79 Å². The molecule has 5 heteroatoms. The van der Waals surface area contributed by atoms with Gasteiger partial charge in [0.2, 0.25) is 0 Å². The Bertz CT molecular complexity index is 544. The average molecular weight is 319 g/mol. The highest BCUT2D eigenvalue weighted by Gasteiger charge is 2.30. The summed E-state index contributed by atoms with van der Waals surface area (Å²) in [6, 6.07) is 6.72. The van der Waals surface area contributed by atoms with Gasteiger partial charge in [0.1, 0.15) is 5.75 Å². The van der Waals surface area contributed by atoms with Crippen LogP contribution in [0.25, 0.3) is 0 Å². The predicted molar refractivity (Wildman–Crippen MR) is 87.7 cm³/mol. The zero-order valence-electron chi connectivity index (χ0n) is 13.6. The van der Waals surface area contributed by atoms with Gasteiger partial charge in [-0.1, -0.05) is 32.3 Å². The molecule has 1 fully saturated rings. The second-order valence-electron chi connectivity index (χ2n) is 6.04. The molecule has 23 heavy (non-hydrogen) atoms. The fraction of sp³-hybridized carbons (Fsp3) is 0.556. The van der Waals surface area contributed by atoms with Crippen LogP contribution in [0.2, 0.25) is 0 Å². The summed E-state index contributed by atoms with van der Waals surface area (Å²) < 4.78 is 5.54. The van der Waals surface area contributed by atoms with Crippen LogP contribution in [-0.4, -0.2) is 29.6 Å². The number of hydrogen-bond donors (Lipinski definition) is 2. The number of nitrogens with one attached hydrogen (secondary N) is 1. The smallest absolute Gasteiger partial charge is 0.308 e. The monoisotopic (exact) mass is 319 g/mol. The second kappa shape index (κ2) is 8.56. The van der Waals surface area contributed by atoms with Gasteiger partial charge in [-0.05, 0) is 37.5 Å². The predicted octanol–water partition coefficient (Wildman–Crippen LogP) is 3.24. The van der Waals surface area contributed by atoms with Crippen LogP contribution in [0.3, 0.4) is 0 Å². The Morgan fingerprint density at radius 2 is 2.04 bits per heavy atom. The molecule has 1 aromatic carbocycles. The number of aliphatic carboxylic acids is 1. The van der Waals surface area contributed by atoms with Crippen LogP contribution in [0.15, 0.2) is 24.3 Å². The molecule has 0 aliphatic heterocycles. The van der Waals surface area contributed by atoms with E-state index in [1.54, 1.807) is 18.2 Å². The van der Waals surface area contributed by atoms with Crippen LogP contribution in [0, 0.1) is 5.92 Å². The maximum Gasteiger partial charge on any atom is 0.308 e. The number of carboxylic acids is 1. The van der Waals surface area contributed by atoms with Crippen molar-refractivity contribution in [2.75, 3.05) is 6.61 Å². The fourth-order valence-corrected chi connectivity index (χ4v) is 2.97. The summed E-state index contributed by atoms with van der Waals surface area (Å²) in [5.41, 5.74) is 0.506. The van der Waals surface area contributed by atoms with Crippen molar-refractivity contribution in [3.63, 3.8) is 0 Å². The molecular formula is C18H25NO4. The summed E-state index contributed by atoms with van der Waals surface area (Å²) in [6.45, 7) is 2.63. The minimum atomic E-state index is -0.822. The molecule has 1 aromatic rings. The number of amides is 1. The lowest BCUT2D eigenvalue weighted by Gasteiger charge is -2.23. The van der Waals surface area contributed by atoms with Crippen molar-refractivity contribution in [1.29, 1.82) is 0 Å². The van der Waals surface area contributed by atoms with Gasteiger partial charge in [0, 0.05) is 11.6 Å². The van der Waals surface area contributed by atoms with Crippen molar-refractivity contribution in [3.05, 3.63) is 29.8 Å². The summed E-state index contributed by atoms with van der Waals surface area (Å²) >= 11 is 0. The van der Waals surface area contributed by atoms with Gasteiger partial charge in [0.25, 0.3) is 5.91 Å².